The van der Waals surface area contributed by atoms with Crippen molar-refractivity contribution in [2.75, 3.05) is 18.5 Å². The van der Waals surface area contributed by atoms with Crippen molar-refractivity contribution in [2.24, 2.45) is 5.73 Å². The minimum Gasteiger partial charge on any atom is -0.352 e. The number of nitrogens with two attached hydrogens (primary N) is 1. The summed E-state index contributed by atoms with van der Waals surface area (Å²) in [6, 6.07) is 2.00. The molecule has 1 heterocycles. The molecule has 1 rings (SSSR count). The van der Waals surface area contributed by atoms with Crippen LogP contribution >= 0.6 is 0 Å². The smallest absolute Gasteiger partial charge is 0.151 e. The molecule has 0 unspecified atom stereocenters. The minimum absolute atomic E-state index is 0.0948. The number of likely N-dealkylation sites (N-methyl/N-ethyl adjacent to an activating group) is 1. The highest BCUT2D eigenvalue weighted by atomic mass is 15.3. The molecule has 0 bridgehead atoms. The number of nitrogens with zero attached hydrogens (tertiary/aromatic N) is 3. The summed E-state index contributed by atoms with van der Waals surface area (Å²) in [5, 5.41) is 7.99. The Kier molecular flexibility index (Phi) is 3.06. The first kappa shape index (κ1) is 10.9. The fourth-order valence-corrected chi connectivity index (χ4v) is 1.06. The normalized spacial score (nSPS) is 11.5. The number of aromatic nitrogens is 2. The summed E-state index contributed by atoms with van der Waals surface area (Å²) in [5.74, 6) is 0.862. The zero-order chi connectivity index (χ0) is 10.8. The molecule has 0 saturated heterocycles. The maximum absolute atomic E-state index is 5.69. The van der Waals surface area contributed by atoms with Gasteiger partial charge in [0.25, 0.3) is 0 Å². The molecule has 0 atom stereocenters. The van der Waals surface area contributed by atoms with Gasteiger partial charge < -0.3 is 10.6 Å². The van der Waals surface area contributed by atoms with Crippen LogP contribution in [-0.2, 0) is 0 Å². The topological polar surface area (TPSA) is 55.0 Å². The standard InChI is InChI=1S/C10H18N4/c1-8-5-9(13-12-6-8)14(4)10(2,3)7-11/h5-6H,7,11H2,1-4H3. The van der Waals surface area contributed by atoms with Gasteiger partial charge >= 0.3 is 0 Å². The first-order valence-electron chi connectivity index (χ1n) is 4.70. The first-order valence-corrected chi connectivity index (χ1v) is 4.70. The maximum Gasteiger partial charge on any atom is 0.151 e. The van der Waals surface area contributed by atoms with Gasteiger partial charge in [0, 0.05) is 19.1 Å². The van der Waals surface area contributed by atoms with Crippen LogP contribution in [-0.4, -0.2) is 29.3 Å². The third-order valence-electron chi connectivity index (χ3n) is 2.53. The molecule has 0 aliphatic rings. The molecule has 0 amide bonds. The summed E-state index contributed by atoms with van der Waals surface area (Å²) < 4.78 is 0. The lowest BCUT2D eigenvalue weighted by Gasteiger charge is -2.35. The predicted molar refractivity (Wildman–Crippen MR) is 58.3 cm³/mol. The summed E-state index contributed by atoms with van der Waals surface area (Å²) in [6.45, 7) is 6.74. The first-order chi connectivity index (χ1) is 6.47. The van der Waals surface area contributed by atoms with E-state index < -0.39 is 0 Å². The van der Waals surface area contributed by atoms with E-state index in [4.69, 9.17) is 5.73 Å². The largest absolute Gasteiger partial charge is 0.352 e. The number of hydrogen-bond acceptors (Lipinski definition) is 4. The van der Waals surface area contributed by atoms with Gasteiger partial charge in [0.2, 0.25) is 0 Å². The van der Waals surface area contributed by atoms with Crippen molar-refractivity contribution in [3.63, 3.8) is 0 Å². The van der Waals surface area contributed by atoms with Crippen LogP contribution in [0.2, 0.25) is 0 Å². The molecular weight excluding hydrogens is 176 g/mol. The second kappa shape index (κ2) is 3.92. The third-order valence-corrected chi connectivity index (χ3v) is 2.53. The zero-order valence-corrected chi connectivity index (χ0v) is 9.28. The van der Waals surface area contributed by atoms with Crippen LogP contribution in [0.15, 0.2) is 12.3 Å². The molecule has 1 aromatic heterocycles. The van der Waals surface area contributed by atoms with E-state index in [-0.39, 0.29) is 5.54 Å². The van der Waals surface area contributed by atoms with Gasteiger partial charge in [-0.15, -0.1) is 5.10 Å². The Morgan fingerprint density at radius 1 is 1.50 bits per heavy atom. The molecule has 1 aromatic rings. The van der Waals surface area contributed by atoms with E-state index in [1.807, 2.05) is 24.9 Å². The summed E-state index contributed by atoms with van der Waals surface area (Å²) in [5.41, 5.74) is 6.70. The van der Waals surface area contributed by atoms with Gasteiger partial charge in [0.15, 0.2) is 5.82 Å². The fourth-order valence-electron chi connectivity index (χ4n) is 1.06. The second-order valence-corrected chi connectivity index (χ2v) is 4.17. The van der Waals surface area contributed by atoms with E-state index in [1.165, 1.54) is 0 Å². The Morgan fingerprint density at radius 2 is 2.14 bits per heavy atom. The van der Waals surface area contributed by atoms with Crippen molar-refractivity contribution in [1.29, 1.82) is 0 Å². The van der Waals surface area contributed by atoms with Crippen molar-refractivity contribution in [1.82, 2.24) is 10.2 Å². The van der Waals surface area contributed by atoms with E-state index in [9.17, 15) is 0 Å². The SMILES string of the molecule is Cc1cnnc(N(C)C(C)(C)CN)c1. The van der Waals surface area contributed by atoms with E-state index in [2.05, 4.69) is 24.0 Å². The van der Waals surface area contributed by atoms with Crippen LogP contribution in [0.25, 0.3) is 0 Å². The predicted octanol–water partition coefficient (Wildman–Crippen LogP) is 0.959. The molecule has 0 aliphatic carbocycles. The fraction of sp³-hybridized carbons (Fsp3) is 0.600. The van der Waals surface area contributed by atoms with Crippen LogP contribution in [0.5, 0.6) is 0 Å². The maximum atomic E-state index is 5.69. The van der Waals surface area contributed by atoms with E-state index in [0.717, 1.165) is 11.4 Å². The summed E-state index contributed by atoms with van der Waals surface area (Å²) in [7, 11) is 1.98. The van der Waals surface area contributed by atoms with Crippen molar-refractivity contribution in [2.45, 2.75) is 26.3 Å². The summed E-state index contributed by atoms with van der Waals surface area (Å²) >= 11 is 0. The molecular formula is C10H18N4. The number of anilines is 1. The van der Waals surface area contributed by atoms with Crippen molar-refractivity contribution >= 4 is 5.82 Å². The Bertz CT molecular complexity index is 309. The molecule has 4 heteroatoms. The number of rotatable bonds is 3. The third kappa shape index (κ3) is 2.20. The lowest BCUT2D eigenvalue weighted by atomic mass is 10.0. The van der Waals surface area contributed by atoms with Crippen LogP contribution in [0.3, 0.4) is 0 Å². The van der Waals surface area contributed by atoms with Gasteiger partial charge in [0.05, 0.1) is 6.20 Å². The Hall–Kier alpha value is -1.16. The van der Waals surface area contributed by atoms with Gasteiger partial charge in [0.1, 0.15) is 0 Å². The molecule has 4 nitrogen and oxygen atoms in total. The van der Waals surface area contributed by atoms with E-state index in [0.29, 0.717) is 6.54 Å². The average Bonchev–Trinajstić information content (AvgIpc) is 2.16. The Morgan fingerprint density at radius 3 is 2.64 bits per heavy atom. The van der Waals surface area contributed by atoms with Crippen molar-refractivity contribution < 1.29 is 0 Å². The van der Waals surface area contributed by atoms with Gasteiger partial charge in [-0.25, -0.2) is 0 Å². The van der Waals surface area contributed by atoms with Crippen LogP contribution in [0.4, 0.5) is 5.82 Å². The van der Waals surface area contributed by atoms with Gasteiger partial charge in [-0.05, 0) is 32.4 Å². The average molecular weight is 194 g/mol. The van der Waals surface area contributed by atoms with E-state index >= 15 is 0 Å². The highest BCUT2D eigenvalue weighted by Crippen LogP contribution is 2.18. The van der Waals surface area contributed by atoms with Crippen LogP contribution in [0, 0.1) is 6.92 Å². The molecule has 0 aromatic carbocycles. The summed E-state index contributed by atoms with van der Waals surface area (Å²) in [6.07, 6.45) is 1.74. The van der Waals surface area contributed by atoms with Gasteiger partial charge in [-0.1, -0.05) is 0 Å². The number of hydrogen-bond donors (Lipinski definition) is 1. The van der Waals surface area contributed by atoms with Crippen molar-refractivity contribution in [3.05, 3.63) is 17.8 Å². The Labute approximate surface area is 85.1 Å². The molecule has 78 valence electrons. The molecule has 0 aliphatic heterocycles. The molecule has 14 heavy (non-hydrogen) atoms. The minimum atomic E-state index is -0.0948. The second-order valence-electron chi connectivity index (χ2n) is 4.17. The quantitative estimate of drug-likeness (QED) is 0.778. The number of aryl methyl sites for hydroxylation is 1. The molecule has 2 N–H and O–H groups in total. The molecule has 0 radical (unpaired) electrons. The zero-order valence-electron chi connectivity index (χ0n) is 9.28. The molecule has 0 spiro atoms. The lowest BCUT2D eigenvalue weighted by molar-refractivity contribution is 0.493. The Balaban J connectivity index is 2.94. The molecule has 0 fully saturated rings. The van der Waals surface area contributed by atoms with Crippen LogP contribution in [0.1, 0.15) is 19.4 Å². The van der Waals surface area contributed by atoms with E-state index in [1.54, 1.807) is 6.20 Å². The lowest BCUT2D eigenvalue weighted by Crippen LogP contribution is -2.47. The van der Waals surface area contributed by atoms with Gasteiger partial charge in [-0.2, -0.15) is 5.10 Å². The highest BCUT2D eigenvalue weighted by Gasteiger charge is 2.22. The van der Waals surface area contributed by atoms with Gasteiger partial charge in [-0.3, -0.25) is 0 Å². The van der Waals surface area contributed by atoms with Crippen molar-refractivity contribution in [3.8, 4) is 0 Å². The summed E-state index contributed by atoms with van der Waals surface area (Å²) in [4.78, 5) is 2.05. The highest BCUT2D eigenvalue weighted by molar-refractivity contribution is 5.41. The monoisotopic (exact) mass is 194 g/mol. The van der Waals surface area contributed by atoms with Crippen LogP contribution < -0.4 is 10.6 Å². The molecule has 0 saturated carbocycles.